The molecule has 100 valence electrons. The SMILES string of the molecule is CCOC(=O)/C(C#N)=C1/N=C(C)N(C)C2=C1CCS2. The number of aliphatic imine (C=N–C) groups is 1. The van der Waals surface area contributed by atoms with Gasteiger partial charge < -0.3 is 9.64 Å². The number of thioether (sulfide) groups is 1. The molecule has 0 aromatic heterocycles. The molecule has 0 saturated carbocycles. The second-order valence-electron chi connectivity index (χ2n) is 4.16. The smallest absolute Gasteiger partial charge is 0.351 e. The average Bonchev–Trinajstić information content (AvgIpc) is 2.86. The molecule has 0 aromatic carbocycles. The Labute approximate surface area is 116 Å². The Morgan fingerprint density at radius 2 is 2.37 bits per heavy atom. The van der Waals surface area contributed by atoms with Gasteiger partial charge in [0.25, 0.3) is 0 Å². The standard InChI is InChI=1S/C13H15N3O2S/c1-4-18-13(17)10(7-14)11-9-5-6-19-12(9)16(3)8(2)15-11/h4-6H2,1-3H3/b11-10+. The molecule has 2 aliphatic rings. The highest BCUT2D eigenvalue weighted by Crippen LogP contribution is 2.41. The number of hydrogen-bond donors (Lipinski definition) is 0. The van der Waals surface area contributed by atoms with E-state index in [2.05, 4.69) is 4.99 Å². The van der Waals surface area contributed by atoms with E-state index in [1.807, 2.05) is 24.9 Å². The van der Waals surface area contributed by atoms with Gasteiger partial charge in [-0.2, -0.15) is 5.26 Å². The van der Waals surface area contributed by atoms with Crippen LogP contribution in [0.1, 0.15) is 20.3 Å². The Morgan fingerprint density at radius 1 is 1.63 bits per heavy atom. The van der Waals surface area contributed by atoms with Crippen molar-refractivity contribution >= 4 is 23.6 Å². The number of rotatable bonds is 2. The first kappa shape index (κ1) is 13.7. The van der Waals surface area contributed by atoms with Gasteiger partial charge in [0.05, 0.1) is 17.3 Å². The Morgan fingerprint density at radius 3 is 3.00 bits per heavy atom. The number of hydrogen-bond acceptors (Lipinski definition) is 6. The first-order chi connectivity index (χ1) is 9.10. The fraction of sp³-hybridized carbons (Fsp3) is 0.462. The lowest BCUT2D eigenvalue weighted by atomic mass is 10.0. The van der Waals surface area contributed by atoms with Crippen molar-refractivity contribution in [2.24, 2.45) is 4.99 Å². The molecule has 19 heavy (non-hydrogen) atoms. The fourth-order valence-corrected chi connectivity index (χ4v) is 3.22. The van der Waals surface area contributed by atoms with E-state index in [1.54, 1.807) is 18.7 Å². The van der Waals surface area contributed by atoms with Gasteiger partial charge in [0.15, 0.2) is 5.57 Å². The molecular weight excluding hydrogens is 262 g/mol. The minimum Gasteiger partial charge on any atom is -0.462 e. The molecule has 0 saturated heterocycles. The summed E-state index contributed by atoms with van der Waals surface area (Å²) in [5, 5.41) is 10.3. The molecule has 0 radical (unpaired) electrons. The van der Waals surface area contributed by atoms with E-state index >= 15 is 0 Å². The molecular formula is C13H15N3O2S. The summed E-state index contributed by atoms with van der Waals surface area (Å²) in [4.78, 5) is 18.2. The molecule has 0 aromatic rings. The van der Waals surface area contributed by atoms with E-state index in [4.69, 9.17) is 4.74 Å². The van der Waals surface area contributed by atoms with Gasteiger partial charge in [-0.05, 0) is 20.3 Å². The first-order valence-electron chi connectivity index (χ1n) is 6.07. The van der Waals surface area contributed by atoms with Gasteiger partial charge in [0, 0.05) is 18.4 Å². The van der Waals surface area contributed by atoms with Crippen molar-refractivity contribution in [3.63, 3.8) is 0 Å². The van der Waals surface area contributed by atoms with Crippen LogP contribution in [0.5, 0.6) is 0 Å². The lowest BCUT2D eigenvalue weighted by molar-refractivity contribution is -0.138. The zero-order chi connectivity index (χ0) is 14.0. The zero-order valence-corrected chi connectivity index (χ0v) is 12.0. The lowest BCUT2D eigenvalue weighted by Gasteiger charge is -2.26. The molecule has 2 aliphatic heterocycles. The van der Waals surface area contributed by atoms with Crippen LogP contribution in [0.15, 0.2) is 26.9 Å². The van der Waals surface area contributed by atoms with Gasteiger partial charge in [-0.15, -0.1) is 11.8 Å². The average molecular weight is 277 g/mol. The van der Waals surface area contributed by atoms with Crippen molar-refractivity contribution in [3.05, 3.63) is 21.9 Å². The van der Waals surface area contributed by atoms with E-state index in [1.165, 1.54) is 0 Å². The molecule has 2 heterocycles. The molecule has 0 unspecified atom stereocenters. The van der Waals surface area contributed by atoms with Crippen LogP contribution in [0.2, 0.25) is 0 Å². The second kappa shape index (κ2) is 5.49. The molecule has 0 atom stereocenters. The lowest BCUT2D eigenvalue weighted by Crippen LogP contribution is -2.26. The van der Waals surface area contributed by atoms with E-state index in [0.29, 0.717) is 5.70 Å². The summed E-state index contributed by atoms with van der Waals surface area (Å²) in [6, 6.07) is 1.94. The molecule has 6 heteroatoms. The van der Waals surface area contributed by atoms with Crippen LogP contribution < -0.4 is 0 Å². The third kappa shape index (κ3) is 2.38. The van der Waals surface area contributed by atoms with Crippen molar-refractivity contribution in [1.82, 2.24) is 4.90 Å². The van der Waals surface area contributed by atoms with Gasteiger partial charge in [0.1, 0.15) is 11.9 Å². The zero-order valence-electron chi connectivity index (χ0n) is 11.2. The molecule has 0 amide bonds. The van der Waals surface area contributed by atoms with Gasteiger partial charge in [-0.3, -0.25) is 0 Å². The quantitative estimate of drug-likeness (QED) is 0.439. The van der Waals surface area contributed by atoms with E-state index in [0.717, 1.165) is 28.6 Å². The fourth-order valence-electron chi connectivity index (χ4n) is 2.02. The van der Waals surface area contributed by atoms with Crippen LogP contribution in [-0.2, 0) is 9.53 Å². The predicted octanol–water partition coefficient (Wildman–Crippen LogP) is 2.04. The summed E-state index contributed by atoms with van der Waals surface area (Å²) in [6.45, 7) is 3.83. The van der Waals surface area contributed by atoms with Gasteiger partial charge in [0.2, 0.25) is 0 Å². The van der Waals surface area contributed by atoms with E-state index in [-0.39, 0.29) is 12.2 Å². The minimum absolute atomic E-state index is 0.00398. The number of amidine groups is 1. The van der Waals surface area contributed by atoms with E-state index in [9.17, 15) is 10.1 Å². The molecule has 5 nitrogen and oxygen atoms in total. The van der Waals surface area contributed by atoms with Gasteiger partial charge in [-0.1, -0.05) is 0 Å². The number of nitrogens with zero attached hydrogens (tertiary/aromatic N) is 3. The number of carbonyl (C=O) groups is 1. The highest BCUT2D eigenvalue weighted by Gasteiger charge is 2.31. The van der Waals surface area contributed by atoms with Crippen molar-refractivity contribution in [2.45, 2.75) is 20.3 Å². The summed E-state index contributed by atoms with van der Waals surface area (Å²) < 4.78 is 4.93. The molecule has 0 fully saturated rings. The van der Waals surface area contributed by atoms with Gasteiger partial charge >= 0.3 is 5.97 Å². The number of nitriles is 1. The highest BCUT2D eigenvalue weighted by molar-refractivity contribution is 8.03. The molecule has 2 rings (SSSR count). The van der Waals surface area contributed by atoms with Crippen LogP contribution in [-0.4, -0.2) is 36.1 Å². The highest BCUT2D eigenvalue weighted by atomic mass is 32.2. The summed E-state index contributed by atoms with van der Waals surface area (Å²) in [5.41, 5.74) is 1.46. The van der Waals surface area contributed by atoms with Crippen molar-refractivity contribution < 1.29 is 9.53 Å². The van der Waals surface area contributed by atoms with Crippen LogP contribution >= 0.6 is 11.8 Å². The number of allylic oxidation sites excluding steroid dienone is 1. The van der Waals surface area contributed by atoms with Crippen molar-refractivity contribution in [1.29, 1.82) is 5.26 Å². The maximum absolute atomic E-state index is 11.8. The van der Waals surface area contributed by atoms with Crippen LogP contribution in [0.25, 0.3) is 0 Å². The summed E-state index contributed by atoms with van der Waals surface area (Å²) in [7, 11) is 1.94. The summed E-state index contributed by atoms with van der Waals surface area (Å²) in [6.07, 6.45) is 0.820. The molecule has 0 bridgehead atoms. The van der Waals surface area contributed by atoms with Crippen molar-refractivity contribution in [2.75, 3.05) is 19.4 Å². The topological polar surface area (TPSA) is 65.7 Å². The maximum Gasteiger partial charge on any atom is 0.351 e. The summed E-state index contributed by atoms with van der Waals surface area (Å²) >= 11 is 1.72. The third-order valence-corrected chi connectivity index (χ3v) is 4.23. The first-order valence-corrected chi connectivity index (χ1v) is 7.05. The Hall–Kier alpha value is -1.74. The van der Waals surface area contributed by atoms with Crippen molar-refractivity contribution in [3.8, 4) is 6.07 Å². The molecule has 0 spiro atoms. The maximum atomic E-state index is 11.8. The Balaban J connectivity index is 2.53. The third-order valence-electron chi connectivity index (χ3n) is 3.03. The van der Waals surface area contributed by atoms with Crippen LogP contribution in [0.3, 0.4) is 0 Å². The van der Waals surface area contributed by atoms with E-state index < -0.39 is 5.97 Å². The second-order valence-corrected chi connectivity index (χ2v) is 5.24. The Bertz CT molecular complexity index is 555. The molecule has 0 N–H and O–H groups in total. The number of carbonyl (C=O) groups excluding carboxylic acids is 1. The summed E-state index contributed by atoms with van der Waals surface area (Å²) in [5.74, 6) is 1.13. The largest absolute Gasteiger partial charge is 0.462 e. The number of ether oxygens (including phenoxy) is 1. The van der Waals surface area contributed by atoms with Crippen LogP contribution in [0.4, 0.5) is 0 Å². The van der Waals surface area contributed by atoms with Crippen LogP contribution in [0, 0.1) is 11.3 Å². The molecule has 0 aliphatic carbocycles. The minimum atomic E-state index is -0.593. The normalized spacial score (nSPS) is 20.7. The monoisotopic (exact) mass is 277 g/mol. The number of esters is 1. The predicted molar refractivity (Wildman–Crippen MR) is 74.2 cm³/mol. The Kier molecular flexibility index (Phi) is 3.96. The van der Waals surface area contributed by atoms with Gasteiger partial charge in [-0.25, -0.2) is 9.79 Å².